The molecule has 1 aliphatic heterocycles. The second-order valence-corrected chi connectivity index (χ2v) is 6.17. The Morgan fingerprint density at radius 2 is 2.10 bits per heavy atom. The number of nitrogens with one attached hydrogen (secondary N) is 1. The Hall–Kier alpha value is -1.06. The van der Waals surface area contributed by atoms with Crippen LogP contribution in [0.5, 0.6) is 0 Å². The van der Waals surface area contributed by atoms with Gasteiger partial charge in [-0.25, -0.2) is 0 Å². The third-order valence-corrected chi connectivity index (χ3v) is 4.04. The predicted molar refractivity (Wildman–Crippen MR) is 83.0 cm³/mol. The molecule has 4 heteroatoms. The maximum absolute atomic E-state index is 12.5. The van der Waals surface area contributed by atoms with Crippen LogP contribution in [0.1, 0.15) is 32.3 Å². The Balaban J connectivity index is 1.97. The highest BCUT2D eigenvalue weighted by molar-refractivity contribution is 6.30. The van der Waals surface area contributed by atoms with Crippen molar-refractivity contribution in [3.63, 3.8) is 0 Å². The number of nitrogens with zero attached hydrogens (tertiary/aromatic N) is 1. The summed E-state index contributed by atoms with van der Waals surface area (Å²) in [6.45, 7) is 6.04. The monoisotopic (exact) mass is 294 g/mol. The van der Waals surface area contributed by atoms with E-state index in [2.05, 4.69) is 19.2 Å². The SMILES string of the molecule is CC(C)N(CC1CCCN1)C(=O)Cc1ccc(Cl)cc1. The fraction of sp³-hybridized carbons (Fsp3) is 0.562. The number of rotatable bonds is 5. The summed E-state index contributed by atoms with van der Waals surface area (Å²) >= 11 is 5.87. The normalized spacial score (nSPS) is 18.5. The topological polar surface area (TPSA) is 32.3 Å². The molecule has 0 aromatic heterocycles. The van der Waals surface area contributed by atoms with E-state index >= 15 is 0 Å². The zero-order valence-electron chi connectivity index (χ0n) is 12.2. The molecule has 0 radical (unpaired) electrons. The number of hydrogen-bond donors (Lipinski definition) is 1. The summed E-state index contributed by atoms with van der Waals surface area (Å²) in [4.78, 5) is 14.5. The van der Waals surface area contributed by atoms with E-state index in [0.29, 0.717) is 17.5 Å². The molecule has 20 heavy (non-hydrogen) atoms. The van der Waals surface area contributed by atoms with Crippen molar-refractivity contribution < 1.29 is 4.79 Å². The van der Waals surface area contributed by atoms with Gasteiger partial charge in [0.25, 0.3) is 0 Å². The Labute approximate surface area is 126 Å². The van der Waals surface area contributed by atoms with Gasteiger partial charge in [0.05, 0.1) is 6.42 Å². The zero-order valence-corrected chi connectivity index (χ0v) is 13.0. The van der Waals surface area contributed by atoms with Gasteiger partial charge < -0.3 is 10.2 Å². The van der Waals surface area contributed by atoms with Crippen LogP contribution in [-0.4, -0.2) is 36.0 Å². The molecule has 1 aliphatic rings. The van der Waals surface area contributed by atoms with E-state index in [0.717, 1.165) is 25.1 Å². The predicted octanol–water partition coefficient (Wildman–Crippen LogP) is 2.87. The first-order chi connectivity index (χ1) is 9.56. The van der Waals surface area contributed by atoms with E-state index in [-0.39, 0.29) is 11.9 Å². The third-order valence-electron chi connectivity index (χ3n) is 3.79. The van der Waals surface area contributed by atoms with E-state index in [1.165, 1.54) is 6.42 Å². The molecule has 1 fully saturated rings. The van der Waals surface area contributed by atoms with Crippen LogP contribution in [0.4, 0.5) is 0 Å². The third kappa shape index (κ3) is 4.22. The van der Waals surface area contributed by atoms with Crippen LogP contribution in [0.3, 0.4) is 0 Å². The molecule has 1 amide bonds. The summed E-state index contributed by atoms with van der Waals surface area (Å²) in [6, 6.07) is 8.20. The fourth-order valence-corrected chi connectivity index (χ4v) is 2.76. The molecule has 1 aromatic rings. The number of halogens is 1. The first-order valence-corrected chi connectivity index (χ1v) is 7.71. The molecular weight excluding hydrogens is 272 g/mol. The number of benzene rings is 1. The molecule has 0 bridgehead atoms. The van der Waals surface area contributed by atoms with Crippen molar-refractivity contribution in [2.24, 2.45) is 0 Å². The standard InChI is InChI=1S/C16H23ClN2O/c1-12(2)19(11-15-4-3-9-18-15)16(20)10-13-5-7-14(17)8-6-13/h5-8,12,15,18H,3-4,9-11H2,1-2H3. The van der Waals surface area contributed by atoms with Crippen LogP contribution in [0, 0.1) is 0 Å². The second-order valence-electron chi connectivity index (χ2n) is 5.74. The molecule has 1 unspecified atom stereocenters. The van der Waals surface area contributed by atoms with Crippen molar-refractivity contribution in [1.82, 2.24) is 10.2 Å². The van der Waals surface area contributed by atoms with Gasteiger partial charge in [0.1, 0.15) is 0 Å². The summed E-state index contributed by atoms with van der Waals surface area (Å²) in [5.74, 6) is 0.191. The lowest BCUT2D eigenvalue weighted by atomic mass is 10.1. The molecule has 1 saturated heterocycles. The van der Waals surface area contributed by atoms with Crippen LogP contribution in [0.15, 0.2) is 24.3 Å². The summed E-state index contributed by atoms with van der Waals surface area (Å²) in [5, 5.41) is 4.16. The molecule has 2 rings (SSSR count). The molecule has 0 aliphatic carbocycles. The van der Waals surface area contributed by atoms with E-state index in [9.17, 15) is 4.79 Å². The van der Waals surface area contributed by atoms with Crippen molar-refractivity contribution in [2.45, 2.75) is 45.2 Å². The summed E-state index contributed by atoms with van der Waals surface area (Å²) < 4.78 is 0. The minimum atomic E-state index is 0.191. The molecular formula is C16H23ClN2O. The van der Waals surface area contributed by atoms with Gasteiger partial charge >= 0.3 is 0 Å². The van der Waals surface area contributed by atoms with Gasteiger partial charge in [0.2, 0.25) is 5.91 Å². The Kier molecular flexibility index (Phi) is 5.44. The van der Waals surface area contributed by atoms with Crippen LogP contribution >= 0.6 is 11.6 Å². The van der Waals surface area contributed by atoms with Crippen LogP contribution in [0.25, 0.3) is 0 Å². The van der Waals surface area contributed by atoms with Crippen LogP contribution in [-0.2, 0) is 11.2 Å². The van der Waals surface area contributed by atoms with Gasteiger partial charge in [-0.1, -0.05) is 23.7 Å². The summed E-state index contributed by atoms with van der Waals surface area (Å²) in [6.07, 6.45) is 2.82. The molecule has 1 heterocycles. The highest BCUT2D eigenvalue weighted by Gasteiger charge is 2.23. The minimum absolute atomic E-state index is 0.191. The average molecular weight is 295 g/mol. The molecule has 1 aromatic carbocycles. The molecule has 110 valence electrons. The quantitative estimate of drug-likeness (QED) is 0.906. The summed E-state index contributed by atoms with van der Waals surface area (Å²) in [7, 11) is 0. The van der Waals surface area contributed by atoms with E-state index < -0.39 is 0 Å². The Morgan fingerprint density at radius 3 is 2.65 bits per heavy atom. The first-order valence-electron chi connectivity index (χ1n) is 7.33. The Morgan fingerprint density at radius 1 is 1.40 bits per heavy atom. The van der Waals surface area contributed by atoms with Crippen molar-refractivity contribution >= 4 is 17.5 Å². The average Bonchev–Trinajstić information content (AvgIpc) is 2.91. The molecule has 0 saturated carbocycles. The maximum Gasteiger partial charge on any atom is 0.227 e. The lowest BCUT2D eigenvalue weighted by Crippen LogP contribution is -2.45. The van der Waals surface area contributed by atoms with Gasteiger partial charge in [0, 0.05) is 23.7 Å². The molecule has 0 spiro atoms. The molecule has 1 atom stereocenters. The van der Waals surface area contributed by atoms with Gasteiger partial charge in [-0.05, 0) is 50.9 Å². The highest BCUT2D eigenvalue weighted by atomic mass is 35.5. The zero-order chi connectivity index (χ0) is 14.5. The van der Waals surface area contributed by atoms with E-state index in [1.807, 2.05) is 29.2 Å². The number of carbonyl (C=O) groups is 1. The number of amides is 1. The van der Waals surface area contributed by atoms with Crippen LogP contribution < -0.4 is 5.32 Å². The lowest BCUT2D eigenvalue weighted by Gasteiger charge is -2.29. The van der Waals surface area contributed by atoms with E-state index in [1.54, 1.807) is 0 Å². The lowest BCUT2D eigenvalue weighted by molar-refractivity contribution is -0.132. The fourth-order valence-electron chi connectivity index (χ4n) is 2.63. The minimum Gasteiger partial charge on any atom is -0.338 e. The van der Waals surface area contributed by atoms with Gasteiger partial charge in [0.15, 0.2) is 0 Å². The van der Waals surface area contributed by atoms with Crippen molar-refractivity contribution in [1.29, 1.82) is 0 Å². The number of hydrogen-bond acceptors (Lipinski definition) is 2. The number of carbonyl (C=O) groups excluding carboxylic acids is 1. The van der Waals surface area contributed by atoms with Crippen molar-refractivity contribution in [3.8, 4) is 0 Å². The highest BCUT2D eigenvalue weighted by Crippen LogP contribution is 2.14. The maximum atomic E-state index is 12.5. The second kappa shape index (κ2) is 7.09. The molecule has 3 nitrogen and oxygen atoms in total. The van der Waals surface area contributed by atoms with Crippen molar-refractivity contribution in [3.05, 3.63) is 34.9 Å². The largest absolute Gasteiger partial charge is 0.338 e. The van der Waals surface area contributed by atoms with Gasteiger partial charge in [-0.15, -0.1) is 0 Å². The smallest absolute Gasteiger partial charge is 0.227 e. The van der Waals surface area contributed by atoms with Gasteiger partial charge in [-0.3, -0.25) is 4.79 Å². The first kappa shape index (κ1) is 15.3. The van der Waals surface area contributed by atoms with Gasteiger partial charge in [-0.2, -0.15) is 0 Å². The van der Waals surface area contributed by atoms with Crippen molar-refractivity contribution in [2.75, 3.05) is 13.1 Å². The Bertz CT molecular complexity index is 438. The summed E-state index contributed by atoms with van der Waals surface area (Å²) in [5.41, 5.74) is 1.02. The van der Waals surface area contributed by atoms with E-state index in [4.69, 9.17) is 11.6 Å². The van der Waals surface area contributed by atoms with Crippen LogP contribution in [0.2, 0.25) is 5.02 Å². The molecule has 1 N–H and O–H groups in total.